The molecule has 0 spiro atoms. The van der Waals surface area contributed by atoms with Gasteiger partial charge in [-0.25, -0.2) is 4.98 Å². The van der Waals surface area contributed by atoms with Crippen LogP contribution in [0.4, 0.5) is 5.69 Å². The largest absolute Gasteiger partial charge is 0.462 e. The van der Waals surface area contributed by atoms with Crippen LogP contribution in [0.2, 0.25) is 10.0 Å². The Morgan fingerprint density at radius 2 is 2.03 bits per heavy atom. The van der Waals surface area contributed by atoms with Crippen LogP contribution in [0, 0.1) is 0 Å². The zero-order valence-electron chi connectivity index (χ0n) is 14.8. The molecule has 0 aliphatic rings. The van der Waals surface area contributed by atoms with Crippen molar-refractivity contribution >= 4 is 46.1 Å². The molecule has 6 nitrogen and oxygen atoms in total. The van der Waals surface area contributed by atoms with Crippen LogP contribution < -0.4 is 10.9 Å². The summed E-state index contributed by atoms with van der Waals surface area (Å²) in [5.41, 5.74) is 1.35. The van der Waals surface area contributed by atoms with Crippen LogP contribution in [0.5, 0.6) is 0 Å². The molecule has 9 heteroatoms. The summed E-state index contributed by atoms with van der Waals surface area (Å²) >= 11 is 13.3. The minimum atomic E-state index is -0.376. The number of aromatic nitrogens is 2. The molecule has 1 N–H and O–H groups in total. The number of hydrogen-bond acceptors (Lipinski definition) is 5. The first-order valence-corrected chi connectivity index (χ1v) is 10.1. The number of furan rings is 1. The average Bonchev–Trinajstić information content (AvgIpc) is 3.39. The van der Waals surface area contributed by atoms with Gasteiger partial charge in [0.1, 0.15) is 5.69 Å². The van der Waals surface area contributed by atoms with Crippen molar-refractivity contribution in [3.8, 4) is 10.8 Å². The molecule has 29 heavy (non-hydrogen) atoms. The number of hydrogen-bond donors (Lipinski definition) is 1. The summed E-state index contributed by atoms with van der Waals surface area (Å²) in [6.45, 7) is 0.290. The lowest BCUT2D eigenvalue weighted by atomic mass is 10.2. The van der Waals surface area contributed by atoms with E-state index in [2.05, 4.69) is 10.3 Å². The van der Waals surface area contributed by atoms with Gasteiger partial charge in [-0.05, 0) is 35.9 Å². The van der Waals surface area contributed by atoms with E-state index in [1.807, 2.05) is 0 Å². The van der Waals surface area contributed by atoms with Gasteiger partial charge >= 0.3 is 0 Å². The second kappa shape index (κ2) is 8.24. The van der Waals surface area contributed by atoms with Gasteiger partial charge in [0.15, 0.2) is 10.8 Å². The number of nitrogens with one attached hydrogen (secondary N) is 1. The van der Waals surface area contributed by atoms with Crippen LogP contribution in [0.3, 0.4) is 0 Å². The third kappa shape index (κ3) is 4.42. The van der Waals surface area contributed by atoms with E-state index in [-0.39, 0.29) is 17.2 Å². The zero-order chi connectivity index (χ0) is 20.4. The van der Waals surface area contributed by atoms with Crippen molar-refractivity contribution in [3.05, 3.63) is 92.0 Å². The Balaban J connectivity index is 1.52. The van der Waals surface area contributed by atoms with E-state index < -0.39 is 0 Å². The highest BCUT2D eigenvalue weighted by atomic mass is 35.5. The minimum absolute atomic E-state index is 0.206. The quantitative estimate of drug-likeness (QED) is 0.459. The lowest BCUT2D eigenvalue weighted by molar-refractivity contribution is 0.102. The van der Waals surface area contributed by atoms with Gasteiger partial charge in [-0.3, -0.25) is 9.59 Å². The van der Waals surface area contributed by atoms with Crippen LogP contribution in [0.1, 0.15) is 16.1 Å². The molecular weight excluding hydrogens is 433 g/mol. The van der Waals surface area contributed by atoms with E-state index in [1.165, 1.54) is 22.0 Å². The fourth-order valence-electron chi connectivity index (χ4n) is 2.65. The van der Waals surface area contributed by atoms with Crippen LogP contribution in [0.25, 0.3) is 10.8 Å². The summed E-state index contributed by atoms with van der Waals surface area (Å²) in [4.78, 5) is 29.0. The number of carbonyl (C=O) groups is 1. The number of amides is 1. The first-order valence-electron chi connectivity index (χ1n) is 8.45. The first kappa shape index (κ1) is 19.4. The Bertz CT molecular complexity index is 1230. The maximum absolute atomic E-state index is 12.5. The predicted molar refractivity (Wildman–Crippen MR) is 114 cm³/mol. The number of thiazole rings is 1. The summed E-state index contributed by atoms with van der Waals surface area (Å²) in [5, 5.41) is 5.89. The fourth-order valence-corrected chi connectivity index (χ4v) is 3.74. The van der Waals surface area contributed by atoms with Gasteiger partial charge in [0, 0.05) is 17.6 Å². The zero-order valence-corrected chi connectivity index (χ0v) is 17.1. The Kier molecular flexibility index (Phi) is 5.53. The Hall–Kier alpha value is -2.87. The maximum atomic E-state index is 12.5. The highest BCUT2D eigenvalue weighted by Gasteiger charge is 2.14. The molecule has 0 saturated heterocycles. The highest BCUT2D eigenvalue weighted by Crippen LogP contribution is 2.25. The van der Waals surface area contributed by atoms with Crippen molar-refractivity contribution in [2.75, 3.05) is 5.32 Å². The lowest BCUT2D eigenvalue weighted by Crippen LogP contribution is -2.21. The molecule has 0 unspecified atom stereocenters. The Morgan fingerprint density at radius 3 is 2.79 bits per heavy atom. The van der Waals surface area contributed by atoms with E-state index in [0.29, 0.717) is 33.0 Å². The van der Waals surface area contributed by atoms with Gasteiger partial charge in [-0.1, -0.05) is 29.3 Å². The Labute approximate surface area is 179 Å². The molecule has 4 rings (SSSR count). The van der Waals surface area contributed by atoms with Crippen molar-refractivity contribution in [1.29, 1.82) is 0 Å². The van der Waals surface area contributed by atoms with E-state index in [0.717, 1.165) is 5.56 Å². The van der Waals surface area contributed by atoms with E-state index in [1.54, 1.807) is 54.2 Å². The normalized spacial score (nSPS) is 10.8. The highest BCUT2D eigenvalue weighted by molar-refractivity contribution is 7.13. The summed E-state index contributed by atoms with van der Waals surface area (Å²) in [7, 11) is 0. The van der Waals surface area contributed by atoms with Gasteiger partial charge in [0.2, 0.25) is 0 Å². The smallest absolute Gasteiger partial charge is 0.275 e. The van der Waals surface area contributed by atoms with Crippen molar-refractivity contribution in [3.63, 3.8) is 0 Å². The molecule has 1 aromatic carbocycles. The second-order valence-corrected chi connectivity index (χ2v) is 7.77. The molecule has 4 aromatic rings. The number of benzene rings is 1. The van der Waals surface area contributed by atoms with Crippen LogP contribution in [-0.4, -0.2) is 15.5 Å². The van der Waals surface area contributed by atoms with Crippen molar-refractivity contribution in [2.24, 2.45) is 0 Å². The van der Waals surface area contributed by atoms with Gasteiger partial charge < -0.3 is 14.3 Å². The van der Waals surface area contributed by atoms with Crippen molar-refractivity contribution < 1.29 is 9.21 Å². The molecule has 0 bridgehead atoms. The summed E-state index contributed by atoms with van der Waals surface area (Å²) < 4.78 is 6.77. The monoisotopic (exact) mass is 445 g/mol. The number of carbonyl (C=O) groups excluding carboxylic acids is 1. The van der Waals surface area contributed by atoms with E-state index >= 15 is 0 Å². The third-order valence-corrected chi connectivity index (χ3v) is 5.64. The molecule has 146 valence electrons. The molecule has 0 atom stereocenters. The molecule has 0 fully saturated rings. The summed E-state index contributed by atoms with van der Waals surface area (Å²) in [6.07, 6.45) is 3.12. The maximum Gasteiger partial charge on any atom is 0.275 e. The van der Waals surface area contributed by atoms with Gasteiger partial charge in [-0.15, -0.1) is 11.3 Å². The SMILES string of the molecule is O=C(Nc1ccc(=O)n(Cc2ccc(Cl)c(Cl)c2)c1)c1csc(-c2ccco2)n1. The topological polar surface area (TPSA) is 77.1 Å². The second-order valence-electron chi connectivity index (χ2n) is 6.10. The van der Waals surface area contributed by atoms with E-state index in [4.69, 9.17) is 27.6 Å². The molecule has 0 saturated carbocycles. The molecule has 3 heterocycles. The number of rotatable bonds is 5. The number of pyridine rings is 1. The van der Waals surface area contributed by atoms with Gasteiger partial charge in [0.05, 0.1) is 28.5 Å². The van der Waals surface area contributed by atoms with Crippen LogP contribution in [0.15, 0.2) is 69.5 Å². The standard InChI is InChI=1S/C20H13Cl2N3O3S/c21-14-5-3-12(8-15(14)22)9-25-10-13(4-6-18(25)26)23-19(27)16-11-29-20(24-16)17-2-1-7-28-17/h1-8,10-11H,9H2,(H,23,27). The van der Waals surface area contributed by atoms with Gasteiger partial charge in [0.25, 0.3) is 11.5 Å². The molecule has 1 amide bonds. The van der Waals surface area contributed by atoms with Gasteiger partial charge in [-0.2, -0.15) is 0 Å². The summed E-state index contributed by atoms with van der Waals surface area (Å²) in [6, 6.07) is 11.6. The molecular formula is C20H13Cl2N3O3S. The lowest BCUT2D eigenvalue weighted by Gasteiger charge is -2.10. The summed E-state index contributed by atoms with van der Waals surface area (Å²) in [5.74, 6) is 0.225. The number of halogens is 2. The fraction of sp³-hybridized carbons (Fsp3) is 0.0500. The third-order valence-electron chi connectivity index (χ3n) is 4.05. The van der Waals surface area contributed by atoms with Crippen molar-refractivity contribution in [2.45, 2.75) is 6.54 Å². The molecule has 0 aliphatic carbocycles. The number of nitrogens with zero attached hydrogens (tertiary/aromatic N) is 2. The molecule has 0 radical (unpaired) electrons. The number of anilines is 1. The Morgan fingerprint density at radius 1 is 1.17 bits per heavy atom. The van der Waals surface area contributed by atoms with Crippen molar-refractivity contribution in [1.82, 2.24) is 9.55 Å². The first-order chi connectivity index (χ1) is 14.0. The molecule has 0 aliphatic heterocycles. The molecule has 3 aromatic heterocycles. The average molecular weight is 446 g/mol. The van der Waals surface area contributed by atoms with Crippen LogP contribution in [-0.2, 0) is 6.54 Å². The predicted octanol–water partition coefficient (Wildman–Crippen LogP) is 5.17. The van der Waals surface area contributed by atoms with E-state index in [9.17, 15) is 9.59 Å². The van der Waals surface area contributed by atoms with Crippen LogP contribution >= 0.6 is 34.5 Å². The minimum Gasteiger partial charge on any atom is -0.462 e.